The van der Waals surface area contributed by atoms with E-state index in [1.807, 2.05) is 7.05 Å². The van der Waals surface area contributed by atoms with E-state index in [0.29, 0.717) is 18.7 Å². The molecule has 0 radical (unpaired) electrons. The second-order valence-corrected chi connectivity index (χ2v) is 6.89. The number of H-pyrrole nitrogens is 1. The van der Waals surface area contributed by atoms with Crippen LogP contribution in [0.3, 0.4) is 0 Å². The Bertz CT molecular complexity index is 659. The Kier molecular flexibility index (Phi) is 5.35. The number of benzene rings is 1. The summed E-state index contributed by atoms with van der Waals surface area (Å²) in [6.07, 6.45) is -2.62. The first-order valence-electron chi connectivity index (χ1n) is 7.71. The van der Waals surface area contributed by atoms with Gasteiger partial charge in [0.15, 0.2) is 0 Å². The number of hydrogen-bond donors (Lipinski definition) is 2. The van der Waals surface area contributed by atoms with E-state index >= 15 is 0 Å². The monoisotopic (exact) mass is 340 g/mol. The van der Waals surface area contributed by atoms with E-state index in [1.165, 1.54) is 12.1 Å². The van der Waals surface area contributed by atoms with E-state index in [9.17, 15) is 13.2 Å². The van der Waals surface area contributed by atoms with E-state index in [0.717, 1.165) is 29.9 Å². The first kappa shape index (κ1) is 18.5. The molecule has 4 nitrogen and oxygen atoms in total. The fourth-order valence-electron chi connectivity index (χ4n) is 2.65. The molecule has 2 aromatic rings. The second-order valence-electron chi connectivity index (χ2n) is 6.89. The summed E-state index contributed by atoms with van der Waals surface area (Å²) < 4.78 is 38.0. The predicted molar refractivity (Wildman–Crippen MR) is 88.2 cm³/mol. The van der Waals surface area contributed by atoms with Crippen molar-refractivity contribution >= 4 is 0 Å². The Morgan fingerprint density at radius 1 is 1.17 bits per heavy atom. The first-order valence-corrected chi connectivity index (χ1v) is 7.71. The summed E-state index contributed by atoms with van der Waals surface area (Å²) in [5.74, 6) is 0. The number of alkyl halides is 3. The highest BCUT2D eigenvalue weighted by Gasteiger charge is 2.30. The Balaban J connectivity index is 2.15. The average Bonchev–Trinajstić information content (AvgIpc) is 2.94. The van der Waals surface area contributed by atoms with Gasteiger partial charge in [-0.05, 0) is 36.7 Å². The van der Waals surface area contributed by atoms with Crippen LogP contribution in [0.25, 0.3) is 11.3 Å². The molecule has 0 unspecified atom stereocenters. The van der Waals surface area contributed by atoms with Crippen molar-refractivity contribution in [1.29, 1.82) is 0 Å². The average molecular weight is 340 g/mol. The van der Waals surface area contributed by atoms with Gasteiger partial charge in [0.1, 0.15) is 0 Å². The molecule has 0 amide bonds. The molecule has 0 saturated heterocycles. The third kappa shape index (κ3) is 4.58. The molecular formula is C17H23F3N4. The fraction of sp³-hybridized carbons (Fsp3) is 0.471. The third-order valence-corrected chi connectivity index (χ3v) is 3.91. The number of halogens is 3. The van der Waals surface area contributed by atoms with Gasteiger partial charge in [-0.3, -0.25) is 5.10 Å². The maximum atomic E-state index is 12.7. The number of aromatic nitrogens is 2. The summed E-state index contributed by atoms with van der Waals surface area (Å²) in [7, 11) is 1.99. The smallest absolute Gasteiger partial charge is 0.330 e. The van der Waals surface area contributed by atoms with Crippen molar-refractivity contribution in [3.8, 4) is 11.3 Å². The quantitative estimate of drug-likeness (QED) is 0.846. The number of nitrogens with two attached hydrogens (primary N) is 1. The van der Waals surface area contributed by atoms with Crippen molar-refractivity contribution in [1.82, 2.24) is 15.1 Å². The van der Waals surface area contributed by atoms with Gasteiger partial charge in [0.05, 0.1) is 17.5 Å². The molecular weight excluding hydrogens is 317 g/mol. The van der Waals surface area contributed by atoms with Crippen LogP contribution in [0.1, 0.15) is 25.0 Å². The second kappa shape index (κ2) is 6.94. The molecule has 0 bridgehead atoms. The maximum absolute atomic E-state index is 12.7. The zero-order valence-corrected chi connectivity index (χ0v) is 14.1. The minimum absolute atomic E-state index is 0.00694. The highest BCUT2D eigenvalue weighted by Crippen LogP contribution is 2.31. The van der Waals surface area contributed by atoms with Crippen molar-refractivity contribution < 1.29 is 13.2 Å². The molecule has 0 fully saturated rings. The van der Waals surface area contributed by atoms with Crippen molar-refractivity contribution in [3.63, 3.8) is 0 Å². The van der Waals surface area contributed by atoms with E-state index in [4.69, 9.17) is 5.73 Å². The van der Waals surface area contributed by atoms with Gasteiger partial charge >= 0.3 is 6.18 Å². The van der Waals surface area contributed by atoms with Gasteiger partial charge in [0.25, 0.3) is 0 Å². The highest BCUT2D eigenvalue weighted by atomic mass is 19.4. The maximum Gasteiger partial charge on any atom is 0.416 e. The van der Waals surface area contributed by atoms with Crippen LogP contribution >= 0.6 is 0 Å². The van der Waals surface area contributed by atoms with Gasteiger partial charge in [-0.1, -0.05) is 26.0 Å². The van der Waals surface area contributed by atoms with Gasteiger partial charge < -0.3 is 10.6 Å². The molecule has 7 heteroatoms. The summed E-state index contributed by atoms with van der Waals surface area (Å²) >= 11 is 0. The van der Waals surface area contributed by atoms with E-state index < -0.39 is 11.7 Å². The van der Waals surface area contributed by atoms with Crippen LogP contribution in [0.5, 0.6) is 0 Å². The van der Waals surface area contributed by atoms with E-state index in [2.05, 4.69) is 28.9 Å². The third-order valence-electron chi connectivity index (χ3n) is 3.91. The predicted octanol–water partition coefficient (Wildman–Crippen LogP) is 3.51. The summed E-state index contributed by atoms with van der Waals surface area (Å²) in [6, 6.07) is 5.09. The molecule has 0 saturated carbocycles. The van der Waals surface area contributed by atoms with Crippen LogP contribution in [0, 0.1) is 5.41 Å². The van der Waals surface area contributed by atoms with Crippen LogP contribution in [-0.4, -0.2) is 35.2 Å². The molecule has 0 atom stereocenters. The Hall–Kier alpha value is -1.86. The molecule has 0 aliphatic heterocycles. The van der Waals surface area contributed by atoms with Crippen molar-refractivity contribution in [2.45, 2.75) is 26.6 Å². The molecule has 1 aromatic carbocycles. The summed E-state index contributed by atoms with van der Waals surface area (Å²) in [6.45, 7) is 6.21. The van der Waals surface area contributed by atoms with Gasteiger partial charge in [-0.15, -0.1) is 0 Å². The lowest BCUT2D eigenvalue weighted by molar-refractivity contribution is -0.137. The Labute approximate surface area is 139 Å². The first-order chi connectivity index (χ1) is 11.1. The summed E-state index contributed by atoms with van der Waals surface area (Å²) in [5.41, 5.74) is 7.45. The topological polar surface area (TPSA) is 57.9 Å². The molecule has 1 heterocycles. The van der Waals surface area contributed by atoms with Gasteiger partial charge in [0.2, 0.25) is 0 Å². The van der Waals surface area contributed by atoms with E-state index in [-0.39, 0.29) is 5.41 Å². The zero-order valence-electron chi connectivity index (χ0n) is 14.1. The van der Waals surface area contributed by atoms with Crippen LogP contribution in [0.4, 0.5) is 13.2 Å². The number of aromatic amines is 1. The molecule has 0 aliphatic carbocycles. The number of nitrogens with one attached hydrogen (secondary N) is 1. The molecule has 132 valence electrons. The van der Waals surface area contributed by atoms with Crippen molar-refractivity contribution in [2.24, 2.45) is 11.1 Å². The van der Waals surface area contributed by atoms with Crippen LogP contribution in [-0.2, 0) is 12.7 Å². The van der Waals surface area contributed by atoms with Gasteiger partial charge in [-0.25, -0.2) is 0 Å². The molecule has 2 rings (SSSR count). The largest absolute Gasteiger partial charge is 0.416 e. The minimum Gasteiger partial charge on any atom is -0.330 e. The van der Waals surface area contributed by atoms with E-state index in [1.54, 1.807) is 6.20 Å². The van der Waals surface area contributed by atoms with Gasteiger partial charge in [-0.2, -0.15) is 18.3 Å². The lowest BCUT2D eigenvalue weighted by Crippen LogP contribution is -2.36. The highest BCUT2D eigenvalue weighted by molar-refractivity contribution is 5.63. The molecule has 3 N–H and O–H groups in total. The molecule has 0 aliphatic rings. The fourth-order valence-corrected chi connectivity index (χ4v) is 2.65. The lowest BCUT2D eigenvalue weighted by Gasteiger charge is -2.28. The number of nitrogens with zero attached hydrogens (tertiary/aromatic N) is 2. The molecule has 1 aromatic heterocycles. The zero-order chi connectivity index (χ0) is 18.0. The Morgan fingerprint density at radius 3 is 2.33 bits per heavy atom. The summed E-state index contributed by atoms with van der Waals surface area (Å²) in [4.78, 5) is 2.13. The van der Waals surface area contributed by atoms with Crippen molar-refractivity contribution in [2.75, 3.05) is 20.1 Å². The lowest BCUT2D eigenvalue weighted by atomic mass is 9.93. The SMILES string of the molecule is CN(Cc1cn[nH]c1-c1ccc(C(F)(F)F)cc1)CC(C)(C)CN. The molecule has 0 spiro atoms. The molecule has 24 heavy (non-hydrogen) atoms. The Morgan fingerprint density at radius 2 is 1.79 bits per heavy atom. The van der Waals surface area contributed by atoms with Gasteiger partial charge in [0, 0.05) is 18.7 Å². The number of rotatable bonds is 6. The normalized spacial score (nSPS) is 12.8. The van der Waals surface area contributed by atoms with Crippen LogP contribution < -0.4 is 5.73 Å². The summed E-state index contributed by atoms with van der Waals surface area (Å²) in [5, 5.41) is 6.92. The van der Waals surface area contributed by atoms with Crippen molar-refractivity contribution in [3.05, 3.63) is 41.6 Å². The minimum atomic E-state index is -4.33. The van der Waals surface area contributed by atoms with Crippen LogP contribution in [0.15, 0.2) is 30.5 Å². The standard InChI is InChI=1S/C17H23F3N4/c1-16(2,10-21)11-24(3)9-13-8-22-23-15(13)12-4-6-14(7-5-12)17(18,19)20/h4-8H,9-11,21H2,1-3H3,(H,22,23). The van der Waals surface area contributed by atoms with Crippen LogP contribution in [0.2, 0.25) is 0 Å². The number of hydrogen-bond acceptors (Lipinski definition) is 3.